The summed E-state index contributed by atoms with van der Waals surface area (Å²) in [5.41, 5.74) is 0.214. The van der Waals surface area contributed by atoms with Gasteiger partial charge in [-0.3, -0.25) is 19.3 Å². The molecule has 0 N–H and O–H groups in total. The van der Waals surface area contributed by atoms with Crippen LogP contribution >= 0.6 is 0 Å². The molecule has 3 aliphatic rings. The number of esters is 1. The highest BCUT2D eigenvalue weighted by molar-refractivity contribution is 6.09. The van der Waals surface area contributed by atoms with Crippen molar-refractivity contribution in [3.63, 3.8) is 0 Å². The lowest BCUT2D eigenvalue weighted by molar-refractivity contribution is -0.160. The molecule has 6 nitrogen and oxygen atoms in total. The SMILES string of the molecule is CC(C)[C@H](C(=O)OCC(=O)c1ccc(F)cc1)N1C(=O)[C@H]2[C@H](C1=O)[C@H]1C=C[C@H]2C1. The van der Waals surface area contributed by atoms with E-state index in [0.29, 0.717) is 0 Å². The van der Waals surface area contributed by atoms with Crippen LogP contribution in [-0.4, -0.2) is 41.1 Å². The molecule has 0 aromatic heterocycles. The number of hydrogen-bond donors (Lipinski definition) is 0. The van der Waals surface area contributed by atoms with Crippen LogP contribution < -0.4 is 0 Å². The first kappa shape index (κ1) is 19.5. The summed E-state index contributed by atoms with van der Waals surface area (Å²) in [6, 6.07) is 3.84. The molecule has 29 heavy (non-hydrogen) atoms. The second-order valence-corrected chi connectivity index (χ2v) is 8.27. The maximum Gasteiger partial charge on any atom is 0.330 e. The second-order valence-electron chi connectivity index (χ2n) is 8.27. The topological polar surface area (TPSA) is 80.8 Å². The average molecular weight is 399 g/mol. The zero-order valence-corrected chi connectivity index (χ0v) is 16.2. The van der Waals surface area contributed by atoms with E-state index in [4.69, 9.17) is 4.74 Å². The van der Waals surface area contributed by atoms with Crippen molar-refractivity contribution in [1.82, 2.24) is 4.90 Å². The number of amides is 2. The van der Waals surface area contributed by atoms with Crippen LogP contribution in [0.4, 0.5) is 4.39 Å². The van der Waals surface area contributed by atoms with Crippen molar-refractivity contribution in [2.75, 3.05) is 6.61 Å². The van der Waals surface area contributed by atoms with Crippen molar-refractivity contribution < 1.29 is 28.3 Å². The molecule has 0 radical (unpaired) electrons. The zero-order valence-electron chi connectivity index (χ0n) is 16.2. The first-order chi connectivity index (χ1) is 13.8. The van der Waals surface area contributed by atoms with Crippen LogP contribution in [0.5, 0.6) is 0 Å². The van der Waals surface area contributed by atoms with Gasteiger partial charge in [0.1, 0.15) is 11.9 Å². The van der Waals surface area contributed by atoms with E-state index in [1.165, 1.54) is 12.1 Å². The minimum absolute atomic E-state index is 0.0512. The van der Waals surface area contributed by atoms with Crippen LogP contribution in [0.3, 0.4) is 0 Å². The van der Waals surface area contributed by atoms with E-state index in [1.54, 1.807) is 13.8 Å². The van der Waals surface area contributed by atoms with Crippen LogP contribution in [0.25, 0.3) is 0 Å². The molecule has 5 atom stereocenters. The second kappa shape index (κ2) is 7.21. The van der Waals surface area contributed by atoms with Crippen molar-refractivity contribution >= 4 is 23.6 Å². The van der Waals surface area contributed by atoms with Gasteiger partial charge < -0.3 is 4.74 Å². The largest absolute Gasteiger partial charge is 0.456 e. The number of hydrogen-bond acceptors (Lipinski definition) is 5. The highest BCUT2D eigenvalue weighted by Crippen LogP contribution is 2.53. The maximum absolute atomic E-state index is 13.0. The molecule has 4 rings (SSSR count). The number of carbonyl (C=O) groups excluding carboxylic acids is 4. The number of likely N-dealkylation sites (tertiary alicyclic amines) is 1. The van der Waals surface area contributed by atoms with Gasteiger partial charge in [-0.25, -0.2) is 9.18 Å². The van der Waals surface area contributed by atoms with Crippen LogP contribution in [0.1, 0.15) is 30.6 Å². The number of imide groups is 1. The summed E-state index contributed by atoms with van der Waals surface area (Å²) in [5, 5.41) is 0. The Morgan fingerprint density at radius 2 is 1.62 bits per heavy atom. The highest BCUT2D eigenvalue weighted by Gasteiger charge is 2.61. The molecule has 1 aromatic carbocycles. The quantitative estimate of drug-likeness (QED) is 0.318. The number of ether oxygens (including phenoxy) is 1. The Labute approximate surface area is 167 Å². The fraction of sp³-hybridized carbons (Fsp3) is 0.455. The third-order valence-corrected chi connectivity index (χ3v) is 6.17. The molecular weight excluding hydrogens is 377 g/mol. The minimum atomic E-state index is -1.07. The average Bonchev–Trinajstić information content (AvgIpc) is 3.36. The molecule has 0 spiro atoms. The number of rotatable bonds is 6. The number of fused-ring (bicyclic) bond motifs is 5. The zero-order chi connectivity index (χ0) is 20.9. The summed E-state index contributed by atoms with van der Waals surface area (Å²) in [5.74, 6) is -3.43. The van der Waals surface area contributed by atoms with E-state index in [0.717, 1.165) is 23.5 Å². The van der Waals surface area contributed by atoms with Gasteiger partial charge in [-0.2, -0.15) is 0 Å². The Kier molecular flexibility index (Phi) is 4.84. The molecule has 2 amide bonds. The van der Waals surface area contributed by atoms with Gasteiger partial charge in [-0.1, -0.05) is 26.0 Å². The maximum atomic E-state index is 13.0. The van der Waals surface area contributed by atoms with Crippen LogP contribution in [-0.2, 0) is 19.1 Å². The summed E-state index contributed by atoms with van der Waals surface area (Å²) in [6.07, 6.45) is 4.79. The predicted molar refractivity (Wildman–Crippen MR) is 99.9 cm³/mol. The highest BCUT2D eigenvalue weighted by atomic mass is 19.1. The predicted octanol–water partition coefficient (Wildman–Crippen LogP) is 2.38. The molecule has 2 bridgehead atoms. The van der Waals surface area contributed by atoms with Gasteiger partial charge in [-0.15, -0.1) is 0 Å². The van der Waals surface area contributed by atoms with Gasteiger partial charge in [-0.05, 0) is 48.4 Å². The van der Waals surface area contributed by atoms with Gasteiger partial charge in [0.15, 0.2) is 12.4 Å². The molecule has 1 aromatic rings. The van der Waals surface area contributed by atoms with Gasteiger partial charge in [0.25, 0.3) is 0 Å². The number of halogens is 1. The third kappa shape index (κ3) is 3.18. The number of allylic oxidation sites excluding steroid dienone is 2. The van der Waals surface area contributed by atoms with Gasteiger partial charge in [0.05, 0.1) is 11.8 Å². The van der Waals surface area contributed by atoms with Gasteiger partial charge in [0.2, 0.25) is 11.8 Å². The molecule has 7 heteroatoms. The molecule has 1 heterocycles. The normalized spacial score (nSPS) is 28.2. The standard InChI is InChI=1S/C22H22FNO5/c1-11(2)19(22(28)29-10-16(25)12-5-7-15(23)8-6-12)24-20(26)17-13-3-4-14(9-13)18(17)21(24)27/h3-8,11,13-14,17-19H,9-10H2,1-2H3/t13-,14-,17+,18+,19+/m0/s1. The molecule has 1 aliphatic heterocycles. The van der Waals surface area contributed by atoms with Crippen LogP contribution in [0.2, 0.25) is 0 Å². The smallest absolute Gasteiger partial charge is 0.330 e. The fourth-order valence-corrected chi connectivity index (χ4v) is 4.82. The van der Waals surface area contributed by atoms with E-state index in [9.17, 15) is 23.6 Å². The summed E-state index contributed by atoms with van der Waals surface area (Å²) in [4.78, 5) is 52.0. The van der Waals surface area contributed by atoms with E-state index in [1.807, 2.05) is 12.2 Å². The number of ketones is 1. The summed E-state index contributed by atoms with van der Waals surface area (Å²) in [6.45, 7) is 2.92. The van der Waals surface area contributed by atoms with Crippen LogP contribution in [0, 0.1) is 35.4 Å². The number of carbonyl (C=O) groups is 4. The van der Waals surface area contributed by atoms with E-state index in [2.05, 4.69) is 0 Å². The third-order valence-electron chi connectivity index (χ3n) is 6.17. The molecule has 152 valence electrons. The monoisotopic (exact) mass is 399 g/mol. The molecule has 2 fully saturated rings. The lowest BCUT2D eigenvalue weighted by atomic mass is 9.85. The molecule has 1 saturated heterocycles. The number of benzene rings is 1. The van der Waals surface area contributed by atoms with Crippen LogP contribution in [0.15, 0.2) is 36.4 Å². The summed E-state index contributed by atoms with van der Waals surface area (Å²) < 4.78 is 18.2. The van der Waals surface area contributed by atoms with Crippen molar-refractivity contribution in [2.24, 2.45) is 29.6 Å². The first-order valence-electron chi connectivity index (χ1n) is 9.80. The molecule has 0 unspecified atom stereocenters. The van der Waals surface area contributed by atoms with E-state index in [-0.39, 0.29) is 35.1 Å². The summed E-state index contributed by atoms with van der Waals surface area (Å²) >= 11 is 0. The Morgan fingerprint density at radius 1 is 1.07 bits per heavy atom. The van der Waals surface area contributed by atoms with Gasteiger partial charge in [0, 0.05) is 5.56 Å². The lowest BCUT2D eigenvalue weighted by Gasteiger charge is -2.28. The van der Waals surface area contributed by atoms with Crippen molar-refractivity contribution in [2.45, 2.75) is 26.3 Å². The van der Waals surface area contributed by atoms with Crippen molar-refractivity contribution in [3.8, 4) is 0 Å². The molecule has 2 aliphatic carbocycles. The first-order valence-corrected chi connectivity index (χ1v) is 9.80. The van der Waals surface area contributed by atoms with Crippen molar-refractivity contribution in [3.05, 3.63) is 47.8 Å². The van der Waals surface area contributed by atoms with E-state index < -0.39 is 42.1 Å². The summed E-state index contributed by atoms with van der Waals surface area (Å²) in [7, 11) is 0. The fourth-order valence-electron chi connectivity index (χ4n) is 4.82. The van der Waals surface area contributed by atoms with Gasteiger partial charge >= 0.3 is 5.97 Å². The van der Waals surface area contributed by atoms with Crippen molar-refractivity contribution in [1.29, 1.82) is 0 Å². The number of nitrogens with zero attached hydrogens (tertiary/aromatic N) is 1. The Balaban J connectivity index is 1.47. The Hall–Kier alpha value is -2.83. The lowest BCUT2D eigenvalue weighted by Crippen LogP contribution is -2.50. The van der Waals surface area contributed by atoms with E-state index >= 15 is 0 Å². The Bertz CT molecular complexity index is 876. The molecular formula is C22H22FNO5. The number of Topliss-reactive ketones (excluding diaryl/α,β-unsaturated/α-hetero) is 1. The molecule has 1 saturated carbocycles. The Morgan fingerprint density at radius 3 is 2.14 bits per heavy atom. The minimum Gasteiger partial charge on any atom is -0.456 e.